The first-order chi connectivity index (χ1) is 20.3. The van der Waals surface area contributed by atoms with Crippen molar-refractivity contribution in [3.05, 3.63) is 99.3 Å². The largest absolute Gasteiger partial charge is 0.490 e. The van der Waals surface area contributed by atoms with Crippen LogP contribution < -0.4 is 14.8 Å². The summed E-state index contributed by atoms with van der Waals surface area (Å²) in [6, 6.07) is 17.1. The Morgan fingerprint density at radius 3 is 2.36 bits per heavy atom. The molecule has 11 heteroatoms. The monoisotopic (exact) mass is 646 g/mol. The van der Waals surface area contributed by atoms with E-state index in [4.69, 9.17) is 19.4 Å². The number of nitrogens with one attached hydrogen (secondary N) is 1. The van der Waals surface area contributed by atoms with Crippen LogP contribution >= 0.6 is 15.9 Å². The standard InChI is InChI=1S/C30H28BrF3N2O3.CH2O2/c31-25-4-2-1-3-20(25)18-36(21-7-8-21)30(37)24-17-35-14-13-23(24)19-5-9-22(10-6-19)38-15-16-39-29-27(33)12-11-26(32)28(29)34;2-1-3/h1-6,9-12,21,35H,7-8,13-18H2;1H,(H,2,3). The van der Waals surface area contributed by atoms with Crippen molar-refractivity contribution in [1.29, 1.82) is 0 Å². The number of carboxylic acid groups (broad SMARTS) is 1. The van der Waals surface area contributed by atoms with Crippen molar-refractivity contribution in [2.24, 2.45) is 0 Å². The molecule has 0 radical (unpaired) electrons. The maximum Gasteiger partial charge on any atom is 0.290 e. The predicted octanol–water partition coefficient (Wildman–Crippen LogP) is 5.96. The van der Waals surface area contributed by atoms with Crippen molar-refractivity contribution in [3.63, 3.8) is 0 Å². The van der Waals surface area contributed by atoms with E-state index < -0.39 is 23.2 Å². The van der Waals surface area contributed by atoms with Gasteiger partial charge in [-0.1, -0.05) is 46.3 Å². The van der Waals surface area contributed by atoms with Crippen LogP contribution in [0, 0.1) is 17.5 Å². The molecule has 3 aromatic carbocycles. The topological polar surface area (TPSA) is 88.1 Å². The maximum absolute atomic E-state index is 13.8. The molecule has 1 aliphatic carbocycles. The van der Waals surface area contributed by atoms with Gasteiger partial charge in [-0.2, -0.15) is 4.39 Å². The molecule has 2 N–H and O–H groups in total. The number of rotatable bonds is 10. The molecule has 0 spiro atoms. The van der Waals surface area contributed by atoms with Crippen LogP contribution in [0.4, 0.5) is 13.2 Å². The number of benzene rings is 3. The van der Waals surface area contributed by atoms with Crippen molar-refractivity contribution in [2.45, 2.75) is 31.8 Å². The van der Waals surface area contributed by atoms with Crippen molar-refractivity contribution in [2.75, 3.05) is 26.3 Å². The number of hydrogen-bond donors (Lipinski definition) is 2. The Balaban J connectivity index is 0.00000129. The molecule has 5 rings (SSSR count). The molecule has 0 bridgehead atoms. The summed E-state index contributed by atoms with van der Waals surface area (Å²) in [6.45, 7) is 1.44. The third-order valence-electron chi connectivity index (χ3n) is 6.83. The van der Waals surface area contributed by atoms with Gasteiger partial charge in [0, 0.05) is 29.2 Å². The normalized spacial score (nSPS) is 14.5. The van der Waals surface area contributed by atoms with Crippen LogP contribution in [0.1, 0.15) is 30.4 Å². The predicted molar refractivity (Wildman–Crippen MR) is 155 cm³/mol. The third-order valence-corrected chi connectivity index (χ3v) is 7.60. The lowest BCUT2D eigenvalue weighted by Crippen LogP contribution is -2.39. The summed E-state index contributed by atoms with van der Waals surface area (Å²) < 4.78 is 52.4. The van der Waals surface area contributed by atoms with E-state index in [2.05, 4.69) is 21.2 Å². The Kier molecular flexibility index (Phi) is 11.0. The Labute approximate surface area is 250 Å². The average Bonchev–Trinajstić information content (AvgIpc) is 3.84. The van der Waals surface area contributed by atoms with E-state index in [1.165, 1.54) is 0 Å². The molecule has 0 saturated heterocycles. The van der Waals surface area contributed by atoms with Crippen LogP contribution in [0.25, 0.3) is 5.57 Å². The molecule has 1 amide bonds. The minimum atomic E-state index is -1.36. The summed E-state index contributed by atoms with van der Waals surface area (Å²) in [6.07, 6.45) is 2.76. The molecule has 1 heterocycles. The van der Waals surface area contributed by atoms with Gasteiger partial charge in [-0.05, 0) is 72.8 Å². The number of carbonyl (C=O) groups is 2. The van der Waals surface area contributed by atoms with Crippen LogP contribution in [0.15, 0.2) is 70.7 Å². The second-order valence-corrected chi connectivity index (χ2v) is 10.5. The summed E-state index contributed by atoms with van der Waals surface area (Å²) in [5.74, 6) is -3.68. The van der Waals surface area contributed by atoms with Gasteiger partial charge in [0.2, 0.25) is 5.82 Å². The highest BCUT2D eigenvalue weighted by atomic mass is 79.9. The van der Waals surface area contributed by atoms with Crippen molar-refractivity contribution >= 4 is 33.9 Å². The Hall–Kier alpha value is -3.83. The molecule has 0 unspecified atom stereocenters. The van der Waals surface area contributed by atoms with E-state index in [1.54, 1.807) is 12.1 Å². The molecule has 1 aliphatic heterocycles. The fourth-order valence-corrected chi connectivity index (χ4v) is 5.05. The molecule has 0 atom stereocenters. The van der Waals surface area contributed by atoms with Crippen molar-refractivity contribution < 1.29 is 37.3 Å². The van der Waals surface area contributed by atoms with E-state index in [-0.39, 0.29) is 31.6 Å². The van der Waals surface area contributed by atoms with E-state index in [1.807, 2.05) is 41.3 Å². The molecule has 7 nitrogen and oxygen atoms in total. The lowest BCUT2D eigenvalue weighted by atomic mass is 9.93. The Morgan fingerprint density at radius 2 is 1.67 bits per heavy atom. The summed E-state index contributed by atoms with van der Waals surface area (Å²) in [5, 5.41) is 10.2. The summed E-state index contributed by atoms with van der Waals surface area (Å²) >= 11 is 3.61. The third kappa shape index (κ3) is 7.92. The zero-order chi connectivity index (χ0) is 30.1. The highest BCUT2D eigenvalue weighted by Gasteiger charge is 2.35. The minimum Gasteiger partial charge on any atom is -0.490 e. The van der Waals surface area contributed by atoms with Crippen LogP contribution in [0.2, 0.25) is 0 Å². The first-order valence-corrected chi connectivity index (χ1v) is 14.2. The SMILES string of the molecule is O=C(C1=C(c2ccc(OCCOc3c(F)ccc(F)c3F)cc2)CCNC1)N(Cc1ccccc1Br)C1CC1.O=CO. The maximum atomic E-state index is 13.8. The highest BCUT2D eigenvalue weighted by molar-refractivity contribution is 9.10. The summed E-state index contributed by atoms with van der Waals surface area (Å²) in [5.41, 5.74) is 3.82. The number of halogens is 4. The summed E-state index contributed by atoms with van der Waals surface area (Å²) in [4.78, 5) is 24.2. The lowest BCUT2D eigenvalue weighted by Gasteiger charge is -2.28. The molecular weight excluding hydrogens is 617 g/mol. The highest BCUT2D eigenvalue weighted by Crippen LogP contribution is 2.34. The fraction of sp³-hybridized carbons (Fsp3) is 0.290. The molecule has 1 saturated carbocycles. The molecule has 2 aliphatic rings. The molecule has 1 fully saturated rings. The zero-order valence-electron chi connectivity index (χ0n) is 22.6. The summed E-state index contributed by atoms with van der Waals surface area (Å²) in [7, 11) is 0. The Bertz CT molecular complexity index is 1430. The van der Waals surface area contributed by atoms with Gasteiger partial charge in [0.1, 0.15) is 19.0 Å². The van der Waals surface area contributed by atoms with Gasteiger partial charge < -0.3 is 24.8 Å². The van der Waals surface area contributed by atoms with E-state index in [9.17, 15) is 18.0 Å². The van der Waals surface area contributed by atoms with Gasteiger partial charge in [0.25, 0.3) is 12.4 Å². The molecule has 0 aromatic heterocycles. The van der Waals surface area contributed by atoms with Gasteiger partial charge in [0.05, 0.1) is 0 Å². The van der Waals surface area contributed by atoms with Crippen LogP contribution in [0.5, 0.6) is 11.5 Å². The van der Waals surface area contributed by atoms with Crippen molar-refractivity contribution in [3.8, 4) is 11.5 Å². The second-order valence-electron chi connectivity index (χ2n) is 9.64. The first kappa shape index (κ1) is 31.1. The van der Waals surface area contributed by atoms with E-state index in [0.29, 0.717) is 24.9 Å². The van der Waals surface area contributed by atoms with E-state index in [0.717, 1.165) is 58.6 Å². The fourth-order valence-electron chi connectivity index (χ4n) is 4.64. The van der Waals surface area contributed by atoms with Crippen LogP contribution in [0.3, 0.4) is 0 Å². The van der Waals surface area contributed by atoms with Gasteiger partial charge in [-0.15, -0.1) is 0 Å². The number of amides is 1. The van der Waals surface area contributed by atoms with Gasteiger partial charge >= 0.3 is 0 Å². The number of hydrogen-bond acceptors (Lipinski definition) is 5. The smallest absolute Gasteiger partial charge is 0.290 e. The quantitative estimate of drug-likeness (QED) is 0.161. The molecular formula is C31H30BrF3N2O5. The first-order valence-electron chi connectivity index (χ1n) is 13.4. The molecule has 3 aromatic rings. The Morgan fingerprint density at radius 1 is 1.00 bits per heavy atom. The van der Waals surface area contributed by atoms with Crippen LogP contribution in [-0.4, -0.2) is 54.7 Å². The van der Waals surface area contributed by atoms with Gasteiger partial charge in [0.15, 0.2) is 17.4 Å². The van der Waals surface area contributed by atoms with E-state index >= 15 is 0 Å². The van der Waals surface area contributed by atoms with Gasteiger partial charge in [-0.3, -0.25) is 9.59 Å². The minimum absolute atomic E-state index is 0.0104. The zero-order valence-corrected chi connectivity index (χ0v) is 24.2. The van der Waals surface area contributed by atoms with Gasteiger partial charge in [-0.25, -0.2) is 8.78 Å². The average molecular weight is 647 g/mol. The lowest BCUT2D eigenvalue weighted by molar-refractivity contribution is -0.128. The number of carbonyl (C=O) groups excluding carboxylic acids is 1. The number of nitrogens with zero attached hydrogens (tertiary/aromatic N) is 1. The van der Waals surface area contributed by atoms with Crippen molar-refractivity contribution in [1.82, 2.24) is 10.2 Å². The number of ether oxygens (including phenoxy) is 2. The molecule has 42 heavy (non-hydrogen) atoms. The van der Waals surface area contributed by atoms with Crippen LogP contribution in [-0.2, 0) is 16.1 Å². The second kappa shape index (κ2) is 14.9. The molecule has 222 valence electrons.